The number of hydrogen-bond donors (Lipinski definition) is 0. The van der Waals surface area contributed by atoms with E-state index >= 15 is 0 Å². The zero-order valence-electron chi connectivity index (χ0n) is 12.3. The van der Waals surface area contributed by atoms with Gasteiger partial charge in [0, 0.05) is 19.6 Å². The molecule has 22 heavy (non-hydrogen) atoms. The Morgan fingerprint density at radius 1 is 1.36 bits per heavy atom. The van der Waals surface area contributed by atoms with Crippen LogP contribution in [0, 0.1) is 11.3 Å². The molecule has 6 nitrogen and oxygen atoms in total. The van der Waals surface area contributed by atoms with Gasteiger partial charge in [0.05, 0.1) is 6.61 Å². The van der Waals surface area contributed by atoms with Crippen LogP contribution >= 0.6 is 0 Å². The molecule has 1 aliphatic heterocycles. The summed E-state index contributed by atoms with van der Waals surface area (Å²) in [6.45, 7) is 1.99. The Morgan fingerprint density at radius 3 is 2.95 bits per heavy atom. The van der Waals surface area contributed by atoms with Crippen LogP contribution in [0.4, 0.5) is 0 Å². The van der Waals surface area contributed by atoms with Crippen LogP contribution in [0.25, 0.3) is 0 Å². The van der Waals surface area contributed by atoms with Gasteiger partial charge in [-0.2, -0.15) is 5.26 Å². The molecular formula is C16H18N4O2. The van der Waals surface area contributed by atoms with Crippen LogP contribution in [0.2, 0.25) is 0 Å². The SMILES string of the molecule is N#Cc1nnn(CCCOc2ccccc2)c1C1CCCO1. The fourth-order valence-electron chi connectivity index (χ4n) is 2.60. The van der Waals surface area contributed by atoms with Gasteiger partial charge in [0.15, 0.2) is 5.69 Å². The van der Waals surface area contributed by atoms with Gasteiger partial charge in [0.25, 0.3) is 0 Å². The van der Waals surface area contributed by atoms with E-state index in [2.05, 4.69) is 16.4 Å². The average Bonchev–Trinajstić information content (AvgIpc) is 3.21. The zero-order valence-corrected chi connectivity index (χ0v) is 12.3. The van der Waals surface area contributed by atoms with Gasteiger partial charge in [-0.25, -0.2) is 4.68 Å². The van der Waals surface area contributed by atoms with Crippen molar-refractivity contribution in [3.63, 3.8) is 0 Å². The zero-order chi connectivity index (χ0) is 15.2. The summed E-state index contributed by atoms with van der Waals surface area (Å²) in [4.78, 5) is 0. The van der Waals surface area contributed by atoms with Crippen LogP contribution in [0.1, 0.15) is 36.8 Å². The van der Waals surface area contributed by atoms with E-state index in [1.54, 1.807) is 4.68 Å². The fourth-order valence-corrected chi connectivity index (χ4v) is 2.60. The topological polar surface area (TPSA) is 73.0 Å². The smallest absolute Gasteiger partial charge is 0.188 e. The molecule has 0 aliphatic carbocycles. The number of hydrogen-bond acceptors (Lipinski definition) is 5. The maximum Gasteiger partial charge on any atom is 0.188 e. The summed E-state index contributed by atoms with van der Waals surface area (Å²) in [6, 6.07) is 11.8. The third-order valence-corrected chi connectivity index (χ3v) is 3.64. The van der Waals surface area contributed by atoms with E-state index in [9.17, 15) is 0 Å². The van der Waals surface area contributed by atoms with Gasteiger partial charge >= 0.3 is 0 Å². The predicted octanol–water partition coefficient (Wildman–Crippen LogP) is 2.47. The Morgan fingerprint density at radius 2 is 2.23 bits per heavy atom. The van der Waals surface area contributed by atoms with E-state index in [4.69, 9.17) is 14.7 Å². The standard InChI is InChI=1S/C16H18N4O2/c17-12-14-16(15-8-4-10-22-15)20(19-18-14)9-5-11-21-13-6-2-1-3-7-13/h1-3,6-7,15H,4-5,8-11H2. The molecule has 6 heteroatoms. The molecule has 1 fully saturated rings. The molecule has 0 saturated carbocycles. The number of ether oxygens (including phenoxy) is 2. The Kier molecular flexibility index (Phi) is 4.66. The molecule has 1 aromatic carbocycles. The molecule has 0 amide bonds. The maximum atomic E-state index is 9.17. The van der Waals surface area contributed by atoms with E-state index in [0.717, 1.165) is 37.3 Å². The summed E-state index contributed by atoms with van der Waals surface area (Å²) in [5.74, 6) is 0.859. The van der Waals surface area contributed by atoms with E-state index < -0.39 is 0 Å². The summed E-state index contributed by atoms with van der Waals surface area (Å²) in [5.41, 5.74) is 1.18. The Bertz CT molecular complexity index is 642. The molecule has 1 unspecified atom stereocenters. The summed E-state index contributed by atoms with van der Waals surface area (Å²) >= 11 is 0. The molecule has 0 bridgehead atoms. The van der Waals surface area contributed by atoms with Crippen molar-refractivity contribution in [1.82, 2.24) is 15.0 Å². The first-order valence-electron chi connectivity index (χ1n) is 7.51. The first-order valence-corrected chi connectivity index (χ1v) is 7.51. The quantitative estimate of drug-likeness (QED) is 0.766. The van der Waals surface area contributed by atoms with Crippen molar-refractivity contribution in [3.05, 3.63) is 41.7 Å². The molecule has 0 spiro atoms. The first kappa shape index (κ1) is 14.5. The highest BCUT2D eigenvalue weighted by Gasteiger charge is 2.26. The Balaban J connectivity index is 1.58. The molecule has 114 valence electrons. The van der Waals surface area contributed by atoms with Crippen LogP contribution in [0.3, 0.4) is 0 Å². The summed E-state index contributed by atoms with van der Waals surface area (Å²) in [7, 11) is 0. The lowest BCUT2D eigenvalue weighted by molar-refractivity contribution is 0.104. The second kappa shape index (κ2) is 7.05. The van der Waals surface area contributed by atoms with Crippen LogP contribution in [0.5, 0.6) is 5.75 Å². The number of aryl methyl sites for hydroxylation is 1. The highest BCUT2D eigenvalue weighted by atomic mass is 16.5. The molecule has 1 atom stereocenters. The molecule has 0 radical (unpaired) electrons. The summed E-state index contributed by atoms with van der Waals surface area (Å²) in [5, 5.41) is 17.2. The van der Waals surface area contributed by atoms with E-state index in [1.807, 2.05) is 30.3 Å². The number of aromatic nitrogens is 3. The highest BCUT2D eigenvalue weighted by Crippen LogP contribution is 2.29. The van der Waals surface area contributed by atoms with Crippen molar-refractivity contribution in [3.8, 4) is 11.8 Å². The Hall–Kier alpha value is -2.39. The van der Waals surface area contributed by atoms with Crippen molar-refractivity contribution in [2.45, 2.75) is 31.9 Å². The minimum absolute atomic E-state index is 0.0558. The molecule has 1 saturated heterocycles. The van der Waals surface area contributed by atoms with Gasteiger partial charge < -0.3 is 9.47 Å². The van der Waals surface area contributed by atoms with Gasteiger partial charge in [0.2, 0.25) is 0 Å². The van der Waals surface area contributed by atoms with Gasteiger partial charge in [0.1, 0.15) is 23.6 Å². The molecule has 2 heterocycles. The van der Waals surface area contributed by atoms with Crippen molar-refractivity contribution in [2.75, 3.05) is 13.2 Å². The Labute approximate surface area is 129 Å². The van der Waals surface area contributed by atoms with Crippen molar-refractivity contribution in [2.24, 2.45) is 0 Å². The van der Waals surface area contributed by atoms with Crippen LogP contribution < -0.4 is 4.74 Å². The molecule has 2 aromatic rings. The third kappa shape index (κ3) is 3.26. The number of benzene rings is 1. The van der Waals surface area contributed by atoms with Crippen molar-refractivity contribution in [1.29, 1.82) is 5.26 Å². The second-order valence-electron chi connectivity index (χ2n) is 5.17. The van der Waals surface area contributed by atoms with Gasteiger partial charge in [-0.3, -0.25) is 0 Å². The van der Waals surface area contributed by atoms with Gasteiger partial charge in [-0.15, -0.1) is 5.10 Å². The van der Waals surface area contributed by atoms with E-state index in [0.29, 0.717) is 18.8 Å². The van der Waals surface area contributed by atoms with Crippen LogP contribution in [0.15, 0.2) is 30.3 Å². The lowest BCUT2D eigenvalue weighted by Crippen LogP contribution is -2.12. The lowest BCUT2D eigenvalue weighted by Gasteiger charge is -2.12. The largest absolute Gasteiger partial charge is 0.494 e. The number of nitrogens with zero attached hydrogens (tertiary/aromatic N) is 4. The van der Waals surface area contributed by atoms with E-state index in [-0.39, 0.29) is 6.10 Å². The third-order valence-electron chi connectivity index (χ3n) is 3.64. The van der Waals surface area contributed by atoms with Crippen molar-refractivity contribution < 1.29 is 9.47 Å². The number of nitriles is 1. The van der Waals surface area contributed by atoms with Gasteiger partial charge in [-0.05, 0) is 25.0 Å². The van der Waals surface area contributed by atoms with Crippen LogP contribution in [-0.4, -0.2) is 28.2 Å². The van der Waals surface area contributed by atoms with E-state index in [1.165, 1.54) is 0 Å². The summed E-state index contributed by atoms with van der Waals surface area (Å²) in [6.07, 6.45) is 2.67. The minimum Gasteiger partial charge on any atom is -0.494 e. The van der Waals surface area contributed by atoms with Crippen LogP contribution in [-0.2, 0) is 11.3 Å². The number of para-hydroxylation sites is 1. The average molecular weight is 298 g/mol. The maximum absolute atomic E-state index is 9.17. The normalized spacial score (nSPS) is 17.3. The molecular weight excluding hydrogens is 280 g/mol. The first-order chi connectivity index (χ1) is 10.9. The minimum atomic E-state index is -0.0558. The molecule has 1 aromatic heterocycles. The molecule has 1 aliphatic rings. The monoisotopic (exact) mass is 298 g/mol. The fraction of sp³-hybridized carbons (Fsp3) is 0.438. The molecule has 3 rings (SSSR count). The lowest BCUT2D eigenvalue weighted by atomic mass is 10.1. The van der Waals surface area contributed by atoms with Crippen molar-refractivity contribution >= 4 is 0 Å². The molecule has 0 N–H and O–H groups in total. The highest BCUT2D eigenvalue weighted by molar-refractivity contribution is 5.27. The number of rotatable bonds is 6. The predicted molar refractivity (Wildman–Crippen MR) is 79.2 cm³/mol. The van der Waals surface area contributed by atoms with Gasteiger partial charge in [-0.1, -0.05) is 23.4 Å². The second-order valence-corrected chi connectivity index (χ2v) is 5.17. The summed E-state index contributed by atoms with van der Waals surface area (Å²) < 4.78 is 13.1.